The van der Waals surface area contributed by atoms with Gasteiger partial charge in [0.2, 0.25) is 5.91 Å². The molecule has 0 unspecified atom stereocenters. The predicted octanol–water partition coefficient (Wildman–Crippen LogP) is 4.68. The molecule has 0 saturated heterocycles. The second kappa shape index (κ2) is 9.83. The second-order valence-corrected chi connectivity index (χ2v) is 8.57. The third-order valence-electron chi connectivity index (χ3n) is 5.68. The SMILES string of the molecule is Cc1ccc([C@H](C(=O)NC2CCCCC2)N(C(=O)c2csnn2)c2ccccc2)cc1. The molecule has 2 amide bonds. The average molecular weight is 435 g/mol. The highest BCUT2D eigenvalue weighted by molar-refractivity contribution is 7.03. The summed E-state index contributed by atoms with van der Waals surface area (Å²) in [7, 11) is 0. The van der Waals surface area contributed by atoms with Crippen LogP contribution in [-0.2, 0) is 4.79 Å². The summed E-state index contributed by atoms with van der Waals surface area (Å²) >= 11 is 1.12. The monoisotopic (exact) mass is 434 g/mol. The number of hydrogen-bond donors (Lipinski definition) is 1. The first kappa shape index (κ1) is 21.2. The Bertz CT molecular complexity index is 1000. The molecule has 7 heteroatoms. The van der Waals surface area contributed by atoms with Crippen LogP contribution < -0.4 is 10.2 Å². The summed E-state index contributed by atoms with van der Waals surface area (Å²) < 4.78 is 3.85. The van der Waals surface area contributed by atoms with Gasteiger partial charge in [0.25, 0.3) is 5.91 Å². The van der Waals surface area contributed by atoms with E-state index in [1.54, 1.807) is 10.3 Å². The van der Waals surface area contributed by atoms with Crippen LogP contribution in [0.2, 0.25) is 0 Å². The van der Waals surface area contributed by atoms with Crippen molar-refractivity contribution >= 4 is 29.0 Å². The van der Waals surface area contributed by atoms with Crippen molar-refractivity contribution in [1.82, 2.24) is 14.9 Å². The molecule has 0 aliphatic heterocycles. The molecule has 1 aromatic heterocycles. The Labute approximate surface area is 186 Å². The molecule has 1 heterocycles. The highest BCUT2D eigenvalue weighted by atomic mass is 32.1. The maximum atomic E-state index is 13.6. The first-order valence-electron chi connectivity index (χ1n) is 10.7. The number of para-hydroxylation sites is 1. The molecule has 0 radical (unpaired) electrons. The van der Waals surface area contributed by atoms with Crippen LogP contribution in [0.5, 0.6) is 0 Å². The molecular weight excluding hydrogens is 408 g/mol. The molecular formula is C24H26N4O2S. The first-order chi connectivity index (χ1) is 15.1. The summed E-state index contributed by atoms with van der Waals surface area (Å²) in [6.07, 6.45) is 5.39. The van der Waals surface area contributed by atoms with Crippen LogP contribution in [0.15, 0.2) is 60.0 Å². The third kappa shape index (κ3) is 4.99. The van der Waals surface area contributed by atoms with Gasteiger partial charge in [-0.25, -0.2) is 0 Å². The van der Waals surface area contributed by atoms with Gasteiger partial charge >= 0.3 is 0 Å². The van der Waals surface area contributed by atoms with Gasteiger partial charge < -0.3 is 5.32 Å². The lowest BCUT2D eigenvalue weighted by molar-refractivity contribution is -0.123. The average Bonchev–Trinajstić information content (AvgIpc) is 3.34. The van der Waals surface area contributed by atoms with Crippen molar-refractivity contribution in [1.29, 1.82) is 0 Å². The zero-order valence-electron chi connectivity index (χ0n) is 17.5. The lowest BCUT2D eigenvalue weighted by Gasteiger charge is -2.33. The Hall–Kier alpha value is -3.06. The van der Waals surface area contributed by atoms with Gasteiger partial charge in [0.1, 0.15) is 6.04 Å². The largest absolute Gasteiger partial charge is 0.351 e. The molecule has 1 N–H and O–H groups in total. The fraction of sp³-hybridized carbons (Fsp3) is 0.333. The molecule has 160 valence electrons. The third-order valence-corrected chi connectivity index (χ3v) is 6.19. The standard InChI is InChI=1S/C24H26N4O2S/c1-17-12-14-18(15-13-17)22(23(29)25-19-8-4-2-5-9-19)28(20-10-6-3-7-11-20)24(30)21-16-31-27-26-21/h3,6-7,10-16,19,22H,2,4-5,8-9H2,1H3,(H,25,29)/t22-/m1/s1. The number of hydrogen-bond acceptors (Lipinski definition) is 5. The minimum Gasteiger partial charge on any atom is -0.351 e. The van der Waals surface area contributed by atoms with Crippen molar-refractivity contribution in [3.63, 3.8) is 0 Å². The number of anilines is 1. The quantitative estimate of drug-likeness (QED) is 0.611. The first-order valence-corrected chi connectivity index (χ1v) is 11.5. The number of aryl methyl sites for hydroxylation is 1. The fourth-order valence-electron chi connectivity index (χ4n) is 4.05. The van der Waals surface area contributed by atoms with Crippen molar-refractivity contribution in [3.05, 3.63) is 76.8 Å². The number of rotatable bonds is 6. The summed E-state index contributed by atoms with van der Waals surface area (Å²) in [4.78, 5) is 28.7. The summed E-state index contributed by atoms with van der Waals surface area (Å²) in [5.41, 5.74) is 2.73. The molecule has 1 aliphatic carbocycles. The summed E-state index contributed by atoms with van der Waals surface area (Å²) in [6.45, 7) is 2.00. The minimum absolute atomic E-state index is 0.142. The smallest absolute Gasteiger partial charge is 0.280 e. The Morgan fingerprint density at radius 2 is 1.74 bits per heavy atom. The van der Waals surface area contributed by atoms with Gasteiger partial charge in [-0.15, -0.1) is 5.10 Å². The molecule has 3 aromatic rings. The Morgan fingerprint density at radius 1 is 1.03 bits per heavy atom. The van der Waals surface area contributed by atoms with Crippen molar-refractivity contribution < 1.29 is 9.59 Å². The molecule has 0 bridgehead atoms. The molecule has 1 atom stereocenters. The molecule has 0 spiro atoms. The van der Waals surface area contributed by atoms with E-state index in [4.69, 9.17) is 0 Å². The Morgan fingerprint density at radius 3 is 2.39 bits per heavy atom. The highest BCUT2D eigenvalue weighted by Gasteiger charge is 2.35. The van der Waals surface area contributed by atoms with Crippen molar-refractivity contribution in [2.45, 2.75) is 51.1 Å². The van der Waals surface area contributed by atoms with E-state index < -0.39 is 6.04 Å². The van der Waals surface area contributed by atoms with Crippen LogP contribution in [0.25, 0.3) is 0 Å². The molecule has 4 rings (SSSR count). The van der Waals surface area contributed by atoms with E-state index in [2.05, 4.69) is 14.9 Å². The molecule has 1 fully saturated rings. The molecule has 1 saturated carbocycles. The van der Waals surface area contributed by atoms with Crippen molar-refractivity contribution in [3.8, 4) is 0 Å². The van der Waals surface area contributed by atoms with Gasteiger partial charge in [0, 0.05) is 17.1 Å². The lowest BCUT2D eigenvalue weighted by Crippen LogP contribution is -2.47. The molecule has 31 heavy (non-hydrogen) atoms. The van der Waals surface area contributed by atoms with Crippen LogP contribution in [0, 0.1) is 6.92 Å². The van der Waals surface area contributed by atoms with Crippen LogP contribution in [0.4, 0.5) is 5.69 Å². The van der Waals surface area contributed by atoms with E-state index in [9.17, 15) is 9.59 Å². The zero-order chi connectivity index (χ0) is 21.6. The Kier molecular flexibility index (Phi) is 6.72. The normalized spacial score (nSPS) is 15.3. The number of nitrogens with zero attached hydrogens (tertiary/aromatic N) is 3. The van der Waals surface area contributed by atoms with Crippen molar-refractivity contribution in [2.24, 2.45) is 0 Å². The summed E-state index contributed by atoms with van der Waals surface area (Å²) in [5, 5.41) is 8.80. The van der Waals surface area contributed by atoms with Gasteiger partial charge in [-0.2, -0.15) is 0 Å². The van der Waals surface area contributed by atoms with Gasteiger partial charge in [-0.1, -0.05) is 71.8 Å². The maximum absolute atomic E-state index is 13.6. The van der Waals surface area contributed by atoms with Gasteiger partial charge in [-0.3, -0.25) is 14.5 Å². The van der Waals surface area contributed by atoms with Crippen molar-refractivity contribution in [2.75, 3.05) is 4.90 Å². The van der Waals surface area contributed by atoms with E-state index in [1.165, 1.54) is 6.42 Å². The zero-order valence-corrected chi connectivity index (χ0v) is 18.3. The molecule has 2 aromatic carbocycles. The molecule has 6 nitrogen and oxygen atoms in total. The van der Waals surface area contributed by atoms with E-state index in [0.29, 0.717) is 5.69 Å². The Balaban J connectivity index is 1.76. The van der Waals surface area contributed by atoms with E-state index in [1.807, 2.05) is 61.5 Å². The molecule has 1 aliphatic rings. The van der Waals surface area contributed by atoms with Crippen LogP contribution >= 0.6 is 11.5 Å². The van der Waals surface area contributed by atoms with E-state index in [0.717, 1.165) is 48.3 Å². The number of amides is 2. The van der Waals surface area contributed by atoms with E-state index >= 15 is 0 Å². The number of nitrogens with one attached hydrogen (secondary N) is 1. The minimum atomic E-state index is -0.806. The lowest BCUT2D eigenvalue weighted by atomic mass is 9.94. The summed E-state index contributed by atoms with van der Waals surface area (Å²) in [5.74, 6) is -0.513. The van der Waals surface area contributed by atoms with Crippen LogP contribution in [-0.4, -0.2) is 27.4 Å². The topological polar surface area (TPSA) is 75.2 Å². The van der Waals surface area contributed by atoms with Gasteiger partial charge in [0.15, 0.2) is 5.69 Å². The van der Waals surface area contributed by atoms with Gasteiger partial charge in [-0.05, 0) is 49.0 Å². The van der Waals surface area contributed by atoms with Crippen LogP contribution in [0.1, 0.15) is 59.8 Å². The second-order valence-electron chi connectivity index (χ2n) is 7.96. The van der Waals surface area contributed by atoms with Gasteiger partial charge in [0.05, 0.1) is 0 Å². The highest BCUT2D eigenvalue weighted by Crippen LogP contribution is 2.30. The number of carbonyl (C=O) groups is 2. The summed E-state index contributed by atoms with van der Waals surface area (Å²) in [6, 6.07) is 16.4. The van der Waals surface area contributed by atoms with E-state index in [-0.39, 0.29) is 23.6 Å². The number of aromatic nitrogens is 2. The van der Waals surface area contributed by atoms with Crippen LogP contribution in [0.3, 0.4) is 0 Å². The fourth-order valence-corrected chi connectivity index (χ4v) is 4.48. The number of carbonyl (C=O) groups excluding carboxylic acids is 2. The predicted molar refractivity (Wildman–Crippen MR) is 122 cm³/mol. The number of benzene rings is 2. The maximum Gasteiger partial charge on any atom is 0.280 e.